The first kappa shape index (κ1) is 17.2. The van der Waals surface area contributed by atoms with Crippen molar-refractivity contribution in [1.82, 2.24) is 4.31 Å². The summed E-state index contributed by atoms with van der Waals surface area (Å²) in [5.74, 6) is -0.406. The first-order chi connectivity index (χ1) is 10.2. The molecule has 118 valence electrons. The maximum atomic E-state index is 12.1. The van der Waals surface area contributed by atoms with Gasteiger partial charge in [-0.2, -0.15) is 0 Å². The SMILES string of the molecule is CN(C)S(=O)(=O)c1ccc(NC(=O)c2cc(Cl)sc2Cl)cc1. The fraction of sp³-hybridized carbons (Fsp3) is 0.154. The number of amides is 1. The Bertz CT molecular complexity index is 799. The summed E-state index contributed by atoms with van der Waals surface area (Å²) >= 11 is 12.8. The minimum Gasteiger partial charge on any atom is -0.322 e. The Hall–Kier alpha value is -1.12. The average molecular weight is 379 g/mol. The minimum atomic E-state index is -3.49. The number of anilines is 1. The molecule has 0 aliphatic heterocycles. The highest BCUT2D eigenvalue weighted by molar-refractivity contribution is 7.89. The lowest BCUT2D eigenvalue weighted by Crippen LogP contribution is -2.22. The van der Waals surface area contributed by atoms with E-state index in [4.69, 9.17) is 23.2 Å². The van der Waals surface area contributed by atoms with E-state index in [9.17, 15) is 13.2 Å². The van der Waals surface area contributed by atoms with Crippen LogP contribution in [0.4, 0.5) is 5.69 Å². The molecule has 0 fully saturated rings. The first-order valence-corrected chi connectivity index (χ1v) is 9.02. The van der Waals surface area contributed by atoms with Crippen LogP contribution >= 0.6 is 34.5 Å². The van der Waals surface area contributed by atoms with E-state index < -0.39 is 15.9 Å². The van der Waals surface area contributed by atoms with Gasteiger partial charge in [-0.25, -0.2) is 12.7 Å². The van der Waals surface area contributed by atoms with Crippen molar-refractivity contribution in [2.24, 2.45) is 0 Å². The second-order valence-corrected chi connectivity index (χ2v) is 8.94. The highest BCUT2D eigenvalue weighted by Crippen LogP contribution is 2.31. The van der Waals surface area contributed by atoms with Gasteiger partial charge in [-0.1, -0.05) is 23.2 Å². The van der Waals surface area contributed by atoms with E-state index >= 15 is 0 Å². The molecule has 0 unspecified atom stereocenters. The lowest BCUT2D eigenvalue weighted by atomic mass is 10.3. The summed E-state index contributed by atoms with van der Waals surface area (Å²) in [6, 6.07) is 7.35. The Balaban J connectivity index is 2.19. The summed E-state index contributed by atoms with van der Waals surface area (Å²) in [5, 5.41) is 2.64. The van der Waals surface area contributed by atoms with Crippen LogP contribution in [-0.2, 0) is 10.0 Å². The van der Waals surface area contributed by atoms with Gasteiger partial charge in [-0.3, -0.25) is 4.79 Å². The van der Waals surface area contributed by atoms with Crippen LogP contribution in [0.3, 0.4) is 0 Å². The Kier molecular flexibility index (Phi) is 5.14. The Labute approximate surface area is 142 Å². The van der Waals surface area contributed by atoms with Gasteiger partial charge in [0.2, 0.25) is 10.0 Å². The van der Waals surface area contributed by atoms with Crippen molar-refractivity contribution in [2.75, 3.05) is 19.4 Å². The van der Waals surface area contributed by atoms with Crippen molar-refractivity contribution >= 4 is 56.2 Å². The summed E-state index contributed by atoms with van der Waals surface area (Å²) < 4.78 is 25.7. The average Bonchev–Trinajstić information content (AvgIpc) is 2.78. The van der Waals surface area contributed by atoms with Gasteiger partial charge < -0.3 is 5.32 Å². The number of benzene rings is 1. The third-order valence-electron chi connectivity index (χ3n) is 2.79. The van der Waals surface area contributed by atoms with Gasteiger partial charge in [0.1, 0.15) is 4.34 Å². The zero-order valence-electron chi connectivity index (χ0n) is 11.6. The Morgan fingerprint density at radius 3 is 2.23 bits per heavy atom. The molecule has 5 nitrogen and oxygen atoms in total. The van der Waals surface area contributed by atoms with Crippen LogP contribution < -0.4 is 5.32 Å². The predicted molar refractivity (Wildman–Crippen MR) is 89.6 cm³/mol. The standard InChI is InChI=1S/C13H12Cl2N2O3S2/c1-17(2)22(19,20)9-5-3-8(4-6-9)16-13(18)10-7-11(14)21-12(10)15/h3-7H,1-2H3,(H,16,18). The largest absolute Gasteiger partial charge is 0.322 e. The molecule has 9 heteroatoms. The number of rotatable bonds is 4. The van der Waals surface area contributed by atoms with Crippen LogP contribution in [0, 0.1) is 0 Å². The monoisotopic (exact) mass is 378 g/mol. The number of carbonyl (C=O) groups is 1. The summed E-state index contributed by atoms with van der Waals surface area (Å²) in [5.41, 5.74) is 0.739. The third kappa shape index (κ3) is 3.61. The molecule has 0 aliphatic carbocycles. The molecule has 0 saturated heterocycles. The number of nitrogens with one attached hydrogen (secondary N) is 1. The van der Waals surface area contributed by atoms with E-state index in [1.807, 2.05) is 0 Å². The van der Waals surface area contributed by atoms with Gasteiger partial charge in [0.05, 0.1) is 14.8 Å². The van der Waals surface area contributed by atoms with E-state index in [1.165, 1.54) is 44.4 Å². The maximum Gasteiger partial charge on any atom is 0.258 e. The van der Waals surface area contributed by atoms with Crippen LogP contribution in [0.25, 0.3) is 0 Å². The van der Waals surface area contributed by atoms with Crippen molar-refractivity contribution in [1.29, 1.82) is 0 Å². The van der Waals surface area contributed by atoms with Crippen LogP contribution in [0.2, 0.25) is 8.67 Å². The zero-order valence-corrected chi connectivity index (χ0v) is 14.8. The molecule has 1 aromatic carbocycles. The zero-order chi connectivity index (χ0) is 16.5. The molecule has 0 aliphatic rings. The number of halogens is 2. The van der Waals surface area contributed by atoms with Crippen molar-refractivity contribution in [3.63, 3.8) is 0 Å². The lowest BCUT2D eigenvalue weighted by molar-refractivity contribution is 0.102. The van der Waals surface area contributed by atoms with E-state index in [2.05, 4.69) is 5.32 Å². The summed E-state index contributed by atoms with van der Waals surface area (Å²) in [6.07, 6.45) is 0. The van der Waals surface area contributed by atoms with Crippen LogP contribution in [-0.4, -0.2) is 32.7 Å². The van der Waals surface area contributed by atoms with E-state index in [-0.39, 0.29) is 10.5 Å². The molecular weight excluding hydrogens is 367 g/mol. The highest BCUT2D eigenvalue weighted by atomic mass is 35.5. The summed E-state index contributed by atoms with van der Waals surface area (Å²) in [7, 11) is -0.591. The Morgan fingerprint density at radius 1 is 1.18 bits per heavy atom. The van der Waals surface area contributed by atoms with Gasteiger partial charge in [0.15, 0.2) is 0 Å². The molecule has 1 amide bonds. The number of hydrogen-bond donors (Lipinski definition) is 1. The molecule has 0 radical (unpaired) electrons. The molecular formula is C13H12Cl2N2O3S2. The van der Waals surface area contributed by atoms with Crippen molar-refractivity contribution in [3.8, 4) is 0 Å². The van der Waals surface area contributed by atoms with Crippen molar-refractivity contribution in [3.05, 3.63) is 44.6 Å². The molecule has 2 rings (SSSR count). The summed E-state index contributed by atoms with van der Waals surface area (Å²) in [6.45, 7) is 0. The van der Waals surface area contributed by atoms with Crippen LogP contribution in [0.15, 0.2) is 35.2 Å². The number of nitrogens with zero attached hydrogens (tertiary/aromatic N) is 1. The topological polar surface area (TPSA) is 66.5 Å². The molecule has 0 atom stereocenters. The fourth-order valence-electron chi connectivity index (χ4n) is 1.61. The number of hydrogen-bond acceptors (Lipinski definition) is 4. The van der Waals surface area contributed by atoms with Crippen LogP contribution in [0.1, 0.15) is 10.4 Å². The van der Waals surface area contributed by atoms with Gasteiger partial charge in [0.25, 0.3) is 5.91 Å². The van der Waals surface area contributed by atoms with E-state index in [0.717, 1.165) is 15.6 Å². The number of carbonyl (C=O) groups excluding carboxylic acids is 1. The van der Waals surface area contributed by atoms with Gasteiger partial charge in [0, 0.05) is 19.8 Å². The molecule has 0 saturated carbocycles. The fourth-order valence-corrected chi connectivity index (χ4v) is 3.97. The van der Waals surface area contributed by atoms with Gasteiger partial charge in [-0.05, 0) is 30.3 Å². The van der Waals surface area contributed by atoms with Gasteiger partial charge >= 0.3 is 0 Å². The summed E-state index contributed by atoms with van der Waals surface area (Å²) in [4.78, 5) is 12.2. The quantitative estimate of drug-likeness (QED) is 0.884. The van der Waals surface area contributed by atoms with E-state index in [0.29, 0.717) is 14.4 Å². The molecule has 22 heavy (non-hydrogen) atoms. The minimum absolute atomic E-state index is 0.145. The first-order valence-electron chi connectivity index (χ1n) is 6.00. The molecule has 2 aromatic rings. The second-order valence-electron chi connectivity index (χ2n) is 4.50. The predicted octanol–water partition coefficient (Wildman–Crippen LogP) is 3.56. The van der Waals surface area contributed by atoms with Crippen LogP contribution in [0.5, 0.6) is 0 Å². The molecule has 1 aromatic heterocycles. The van der Waals surface area contributed by atoms with E-state index in [1.54, 1.807) is 0 Å². The smallest absolute Gasteiger partial charge is 0.258 e. The lowest BCUT2D eigenvalue weighted by Gasteiger charge is -2.11. The normalized spacial score (nSPS) is 11.7. The number of sulfonamides is 1. The molecule has 1 heterocycles. The Morgan fingerprint density at radius 2 is 1.77 bits per heavy atom. The van der Waals surface area contributed by atoms with Crippen molar-refractivity contribution in [2.45, 2.75) is 4.90 Å². The number of thiophene rings is 1. The third-order valence-corrected chi connectivity index (χ3v) is 6.11. The second kappa shape index (κ2) is 6.55. The molecule has 0 spiro atoms. The maximum absolute atomic E-state index is 12.1. The van der Waals surface area contributed by atoms with Gasteiger partial charge in [-0.15, -0.1) is 11.3 Å². The highest BCUT2D eigenvalue weighted by Gasteiger charge is 2.18. The molecule has 1 N–H and O–H groups in total. The molecule has 0 bridgehead atoms. The van der Waals surface area contributed by atoms with Crippen molar-refractivity contribution < 1.29 is 13.2 Å².